The number of ether oxygens (including phenoxy) is 1. The molecule has 1 aliphatic heterocycles. The molecule has 1 aliphatic rings. The lowest BCUT2D eigenvalue weighted by Gasteiger charge is -2.35. The number of piperidine rings is 1. The molecule has 100 valence electrons. The third kappa shape index (κ3) is 4.54. The summed E-state index contributed by atoms with van der Waals surface area (Å²) in [7, 11) is 1.81. The summed E-state index contributed by atoms with van der Waals surface area (Å²) in [5.41, 5.74) is -0.426. The van der Waals surface area contributed by atoms with E-state index in [0.717, 1.165) is 13.0 Å². The molecule has 4 nitrogen and oxygen atoms in total. The molecule has 1 saturated heterocycles. The topological polar surface area (TPSA) is 41.6 Å². The van der Waals surface area contributed by atoms with Gasteiger partial charge in [0, 0.05) is 19.1 Å². The fourth-order valence-electron chi connectivity index (χ4n) is 2.06. The summed E-state index contributed by atoms with van der Waals surface area (Å²) in [6.07, 6.45) is 3.37. The van der Waals surface area contributed by atoms with Crippen molar-refractivity contribution in [1.82, 2.24) is 10.2 Å². The molecule has 1 N–H and O–H groups in total. The number of carbonyl (C=O) groups is 1. The summed E-state index contributed by atoms with van der Waals surface area (Å²) in [5.74, 6) is 0. The summed E-state index contributed by atoms with van der Waals surface area (Å²) >= 11 is 0. The number of rotatable bonds is 2. The Morgan fingerprint density at radius 3 is 2.53 bits per heavy atom. The lowest BCUT2D eigenvalue weighted by molar-refractivity contribution is 0.0194. The first-order valence-electron chi connectivity index (χ1n) is 6.50. The molecule has 0 aromatic carbocycles. The molecule has 0 aromatic heterocycles. The van der Waals surface area contributed by atoms with Gasteiger partial charge >= 0.3 is 6.09 Å². The Morgan fingerprint density at radius 2 is 2.06 bits per heavy atom. The number of hydrogen-bond donors (Lipinski definition) is 1. The number of nitrogens with one attached hydrogen (secondary N) is 1. The highest BCUT2D eigenvalue weighted by molar-refractivity contribution is 5.68. The standard InChI is InChI=1S/C13H26N2O2/c1-10(11-8-6-7-9-14-11)15(5)12(16)17-13(2,3)4/h10-11,14H,6-9H2,1-5H3. The summed E-state index contributed by atoms with van der Waals surface area (Å²) in [5, 5.41) is 3.47. The molecule has 1 heterocycles. The molecule has 2 atom stereocenters. The van der Waals surface area contributed by atoms with Crippen LogP contribution in [0.5, 0.6) is 0 Å². The van der Waals surface area contributed by atoms with Crippen LogP contribution in [0.2, 0.25) is 0 Å². The highest BCUT2D eigenvalue weighted by Gasteiger charge is 2.28. The van der Waals surface area contributed by atoms with Crippen molar-refractivity contribution in [2.45, 2.75) is 64.6 Å². The second-order valence-electron chi connectivity index (χ2n) is 5.89. The van der Waals surface area contributed by atoms with Crippen molar-refractivity contribution < 1.29 is 9.53 Å². The maximum atomic E-state index is 11.9. The highest BCUT2D eigenvalue weighted by atomic mass is 16.6. The van der Waals surface area contributed by atoms with E-state index in [-0.39, 0.29) is 12.1 Å². The van der Waals surface area contributed by atoms with E-state index in [1.807, 2.05) is 27.8 Å². The lowest BCUT2D eigenvalue weighted by Crippen LogP contribution is -2.51. The fraction of sp³-hybridized carbons (Fsp3) is 0.923. The first-order chi connectivity index (χ1) is 7.81. The normalized spacial score (nSPS) is 23.0. The summed E-state index contributed by atoms with van der Waals surface area (Å²) < 4.78 is 5.37. The molecule has 2 unspecified atom stereocenters. The average Bonchev–Trinajstić information content (AvgIpc) is 2.26. The smallest absolute Gasteiger partial charge is 0.410 e. The average molecular weight is 242 g/mol. The van der Waals surface area contributed by atoms with Crippen LogP contribution in [0.3, 0.4) is 0 Å². The Kier molecular flexibility index (Phi) is 4.80. The molecule has 4 heteroatoms. The molecular weight excluding hydrogens is 216 g/mol. The van der Waals surface area contributed by atoms with Gasteiger partial charge in [0.15, 0.2) is 0 Å². The van der Waals surface area contributed by atoms with Gasteiger partial charge in [-0.15, -0.1) is 0 Å². The van der Waals surface area contributed by atoms with Crippen LogP contribution in [0.4, 0.5) is 4.79 Å². The second-order valence-corrected chi connectivity index (χ2v) is 5.89. The minimum atomic E-state index is -0.426. The Morgan fingerprint density at radius 1 is 1.41 bits per heavy atom. The first-order valence-corrected chi connectivity index (χ1v) is 6.50. The molecule has 0 aliphatic carbocycles. The molecule has 0 bridgehead atoms. The maximum Gasteiger partial charge on any atom is 0.410 e. The Bertz CT molecular complexity index is 255. The molecule has 1 rings (SSSR count). The zero-order chi connectivity index (χ0) is 13.1. The Labute approximate surface area is 105 Å². The van der Waals surface area contributed by atoms with Gasteiger partial charge in [0.05, 0.1) is 0 Å². The largest absolute Gasteiger partial charge is 0.444 e. The SMILES string of the molecule is CC(C1CCCCN1)N(C)C(=O)OC(C)(C)C. The van der Waals surface area contributed by atoms with E-state index >= 15 is 0 Å². The summed E-state index contributed by atoms with van der Waals surface area (Å²) in [6, 6.07) is 0.561. The van der Waals surface area contributed by atoms with E-state index in [2.05, 4.69) is 12.2 Å². The van der Waals surface area contributed by atoms with Crippen molar-refractivity contribution in [3.05, 3.63) is 0 Å². The van der Waals surface area contributed by atoms with Gasteiger partial charge in [-0.1, -0.05) is 6.42 Å². The van der Waals surface area contributed by atoms with Crippen LogP contribution in [0.15, 0.2) is 0 Å². The van der Waals surface area contributed by atoms with Crippen LogP contribution in [0.1, 0.15) is 47.0 Å². The molecule has 1 fully saturated rings. The quantitative estimate of drug-likeness (QED) is 0.808. The maximum absolute atomic E-state index is 11.9. The van der Waals surface area contributed by atoms with E-state index in [4.69, 9.17) is 4.74 Å². The number of hydrogen-bond acceptors (Lipinski definition) is 3. The molecule has 1 amide bonds. The molecule has 0 aromatic rings. The van der Waals surface area contributed by atoms with Crippen molar-refractivity contribution >= 4 is 6.09 Å². The number of likely N-dealkylation sites (N-methyl/N-ethyl adjacent to an activating group) is 1. The summed E-state index contributed by atoms with van der Waals surface area (Å²) in [4.78, 5) is 13.6. The molecule has 17 heavy (non-hydrogen) atoms. The fourth-order valence-corrected chi connectivity index (χ4v) is 2.06. The minimum Gasteiger partial charge on any atom is -0.444 e. The van der Waals surface area contributed by atoms with Crippen LogP contribution >= 0.6 is 0 Å². The van der Waals surface area contributed by atoms with Crippen molar-refractivity contribution in [3.8, 4) is 0 Å². The van der Waals surface area contributed by atoms with Gasteiger partial charge in [-0.3, -0.25) is 0 Å². The van der Waals surface area contributed by atoms with Crippen LogP contribution in [0, 0.1) is 0 Å². The monoisotopic (exact) mass is 242 g/mol. The predicted molar refractivity (Wildman–Crippen MR) is 69.1 cm³/mol. The van der Waals surface area contributed by atoms with Crippen LogP contribution in [-0.4, -0.2) is 42.3 Å². The van der Waals surface area contributed by atoms with Crippen molar-refractivity contribution in [2.75, 3.05) is 13.6 Å². The van der Waals surface area contributed by atoms with Crippen molar-refractivity contribution in [1.29, 1.82) is 0 Å². The zero-order valence-corrected chi connectivity index (χ0v) is 11.7. The van der Waals surface area contributed by atoms with Crippen LogP contribution in [0.25, 0.3) is 0 Å². The predicted octanol–water partition coefficient (Wildman–Crippen LogP) is 2.38. The van der Waals surface area contributed by atoms with E-state index in [1.165, 1.54) is 12.8 Å². The summed E-state index contributed by atoms with van der Waals surface area (Å²) in [6.45, 7) is 8.80. The van der Waals surface area contributed by atoms with Gasteiger partial charge in [0.2, 0.25) is 0 Å². The van der Waals surface area contributed by atoms with Crippen molar-refractivity contribution in [3.63, 3.8) is 0 Å². The number of nitrogens with zero attached hydrogens (tertiary/aromatic N) is 1. The second kappa shape index (κ2) is 5.71. The Balaban J connectivity index is 2.50. The molecule has 0 saturated carbocycles. The van der Waals surface area contributed by atoms with E-state index in [1.54, 1.807) is 4.90 Å². The lowest BCUT2D eigenvalue weighted by atomic mass is 9.98. The van der Waals surface area contributed by atoms with Gasteiger partial charge in [0.25, 0.3) is 0 Å². The van der Waals surface area contributed by atoms with Crippen LogP contribution < -0.4 is 5.32 Å². The van der Waals surface area contributed by atoms with Gasteiger partial charge in [-0.2, -0.15) is 0 Å². The molecular formula is C13H26N2O2. The molecule has 0 radical (unpaired) electrons. The Hall–Kier alpha value is -0.770. The van der Waals surface area contributed by atoms with Gasteiger partial charge in [-0.25, -0.2) is 4.79 Å². The third-order valence-corrected chi connectivity index (χ3v) is 3.22. The van der Waals surface area contributed by atoms with E-state index in [0.29, 0.717) is 6.04 Å². The number of amides is 1. The minimum absolute atomic E-state index is 0.171. The van der Waals surface area contributed by atoms with Gasteiger partial charge in [-0.05, 0) is 47.1 Å². The van der Waals surface area contributed by atoms with E-state index < -0.39 is 5.60 Å². The molecule has 0 spiro atoms. The van der Waals surface area contributed by atoms with E-state index in [9.17, 15) is 4.79 Å². The third-order valence-electron chi connectivity index (χ3n) is 3.22. The van der Waals surface area contributed by atoms with Gasteiger partial charge in [0.1, 0.15) is 5.60 Å². The zero-order valence-electron chi connectivity index (χ0n) is 11.7. The highest BCUT2D eigenvalue weighted by Crippen LogP contribution is 2.16. The van der Waals surface area contributed by atoms with Crippen molar-refractivity contribution in [2.24, 2.45) is 0 Å². The first kappa shape index (κ1) is 14.3. The van der Waals surface area contributed by atoms with Gasteiger partial charge < -0.3 is 15.0 Å². The van der Waals surface area contributed by atoms with Crippen LogP contribution in [-0.2, 0) is 4.74 Å². The number of carbonyl (C=O) groups excluding carboxylic acids is 1.